The zero-order valence-electron chi connectivity index (χ0n) is 13.0. The van der Waals surface area contributed by atoms with Crippen molar-refractivity contribution < 1.29 is 14.7 Å². The van der Waals surface area contributed by atoms with E-state index in [9.17, 15) is 14.7 Å². The summed E-state index contributed by atoms with van der Waals surface area (Å²) in [5.41, 5.74) is 2.47. The molecule has 2 N–H and O–H groups in total. The summed E-state index contributed by atoms with van der Waals surface area (Å²) in [6, 6.07) is 3.36. The number of anilines is 1. The highest BCUT2D eigenvalue weighted by molar-refractivity contribution is 6.32. The Kier molecular flexibility index (Phi) is 4.96. The molecule has 1 saturated heterocycles. The van der Waals surface area contributed by atoms with Gasteiger partial charge >= 0.3 is 12.0 Å². The first-order valence-corrected chi connectivity index (χ1v) is 7.71. The highest BCUT2D eigenvalue weighted by atomic mass is 35.5. The lowest BCUT2D eigenvalue weighted by Crippen LogP contribution is -2.47. The molecule has 2 rings (SSSR count). The van der Waals surface area contributed by atoms with Crippen LogP contribution in [-0.4, -0.2) is 35.1 Å². The number of halogens is 1. The Morgan fingerprint density at radius 1 is 1.27 bits per heavy atom. The minimum Gasteiger partial charge on any atom is -0.481 e. The lowest BCUT2D eigenvalue weighted by molar-refractivity contribution is -0.143. The van der Waals surface area contributed by atoms with Gasteiger partial charge < -0.3 is 15.3 Å². The number of likely N-dealkylation sites (tertiary alicyclic amines) is 1. The number of nitrogens with zero attached hydrogens (tertiary/aromatic N) is 1. The number of hydrogen-bond acceptors (Lipinski definition) is 2. The standard InChI is InChI=1S/C16H21ClN2O3/c1-9-4-12(15(20)21)8-19(7-9)16(22)18-13-5-10(2)14(17)11(3)6-13/h5-6,9,12H,4,7-8H2,1-3H3,(H,18,22)(H,20,21). The second-order valence-electron chi connectivity index (χ2n) is 6.14. The quantitative estimate of drug-likeness (QED) is 0.874. The van der Waals surface area contributed by atoms with Crippen LogP contribution in [0, 0.1) is 25.7 Å². The maximum Gasteiger partial charge on any atom is 0.321 e. The molecule has 1 aromatic carbocycles. The Bertz CT molecular complexity index is 580. The van der Waals surface area contributed by atoms with E-state index in [0.717, 1.165) is 11.1 Å². The largest absolute Gasteiger partial charge is 0.481 e. The van der Waals surface area contributed by atoms with Crippen molar-refractivity contribution in [3.05, 3.63) is 28.3 Å². The molecule has 22 heavy (non-hydrogen) atoms. The predicted molar refractivity (Wildman–Crippen MR) is 86.4 cm³/mol. The van der Waals surface area contributed by atoms with E-state index in [1.165, 1.54) is 0 Å². The number of carboxylic acid groups (broad SMARTS) is 1. The molecule has 1 heterocycles. The van der Waals surface area contributed by atoms with Gasteiger partial charge in [-0.15, -0.1) is 0 Å². The lowest BCUT2D eigenvalue weighted by atomic mass is 9.91. The molecule has 2 atom stereocenters. The van der Waals surface area contributed by atoms with Crippen LogP contribution < -0.4 is 5.32 Å². The average molecular weight is 325 g/mol. The molecule has 2 amide bonds. The molecule has 0 saturated carbocycles. The molecular weight excluding hydrogens is 304 g/mol. The third-order valence-electron chi connectivity index (χ3n) is 3.98. The van der Waals surface area contributed by atoms with Crippen LogP contribution in [0.3, 0.4) is 0 Å². The fourth-order valence-electron chi connectivity index (χ4n) is 2.92. The van der Waals surface area contributed by atoms with Gasteiger partial charge in [0, 0.05) is 23.8 Å². The van der Waals surface area contributed by atoms with E-state index in [-0.39, 0.29) is 18.5 Å². The van der Waals surface area contributed by atoms with Gasteiger partial charge in [-0.1, -0.05) is 18.5 Å². The van der Waals surface area contributed by atoms with Gasteiger partial charge in [-0.05, 0) is 49.4 Å². The van der Waals surface area contributed by atoms with Crippen LogP contribution >= 0.6 is 11.6 Å². The summed E-state index contributed by atoms with van der Waals surface area (Å²) in [4.78, 5) is 25.1. The van der Waals surface area contributed by atoms with Crippen LogP contribution in [0.25, 0.3) is 0 Å². The van der Waals surface area contributed by atoms with E-state index in [1.54, 1.807) is 4.90 Å². The molecule has 0 aliphatic carbocycles. The summed E-state index contributed by atoms with van der Waals surface area (Å²) in [7, 11) is 0. The van der Waals surface area contributed by atoms with Gasteiger partial charge in [-0.3, -0.25) is 4.79 Å². The molecule has 5 nitrogen and oxygen atoms in total. The Balaban J connectivity index is 2.10. The number of carbonyl (C=O) groups is 2. The van der Waals surface area contributed by atoms with Crippen LogP contribution in [0.5, 0.6) is 0 Å². The predicted octanol–water partition coefficient (Wildman–Crippen LogP) is 3.53. The number of urea groups is 1. The smallest absolute Gasteiger partial charge is 0.321 e. The number of piperidine rings is 1. The third-order valence-corrected chi connectivity index (χ3v) is 4.58. The van der Waals surface area contributed by atoms with Gasteiger partial charge in [-0.25, -0.2) is 4.79 Å². The molecule has 0 bridgehead atoms. The second-order valence-corrected chi connectivity index (χ2v) is 6.51. The summed E-state index contributed by atoms with van der Waals surface area (Å²) in [5, 5.41) is 12.7. The summed E-state index contributed by atoms with van der Waals surface area (Å²) < 4.78 is 0. The molecule has 120 valence electrons. The minimum atomic E-state index is -0.845. The van der Waals surface area contributed by atoms with Crippen LogP contribution in [0.2, 0.25) is 5.02 Å². The normalized spacial score (nSPS) is 21.5. The van der Waals surface area contributed by atoms with Crippen molar-refractivity contribution in [1.29, 1.82) is 0 Å². The SMILES string of the molecule is Cc1cc(NC(=O)N2CC(C)CC(C(=O)O)C2)cc(C)c1Cl. The number of carboxylic acids is 1. The number of aryl methyl sites for hydroxylation is 2. The summed E-state index contributed by atoms with van der Waals surface area (Å²) >= 11 is 6.12. The van der Waals surface area contributed by atoms with Gasteiger partial charge in [-0.2, -0.15) is 0 Å². The number of rotatable bonds is 2. The van der Waals surface area contributed by atoms with Gasteiger partial charge in [0.1, 0.15) is 0 Å². The first-order valence-electron chi connectivity index (χ1n) is 7.33. The fraction of sp³-hybridized carbons (Fsp3) is 0.500. The van der Waals surface area contributed by atoms with Crippen molar-refractivity contribution in [2.45, 2.75) is 27.2 Å². The lowest BCUT2D eigenvalue weighted by Gasteiger charge is -2.34. The Morgan fingerprint density at radius 3 is 2.41 bits per heavy atom. The Morgan fingerprint density at radius 2 is 1.86 bits per heavy atom. The van der Waals surface area contributed by atoms with E-state index in [1.807, 2.05) is 32.9 Å². The molecule has 1 aromatic rings. The number of nitrogens with one attached hydrogen (secondary N) is 1. The van der Waals surface area contributed by atoms with Crippen LogP contribution in [0.4, 0.5) is 10.5 Å². The minimum absolute atomic E-state index is 0.175. The van der Waals surface area contributed by atoms with E-state index >= 15 is 0 Å². The van der Waals surface area contributed by atoms with Crippen molar-refractivity contribution >= 4 is 29.3 Å². The van der Waals surface area contributed by atoms with Crippen molar-refractivity contribution in [3.8, 4) is 0 Å². The average Bonchev–Trinajstić information content (AvgIpc) is 2.43. The Labute approximate surface area is 135 Å². The number of aliphatic carboxylic acids is 1. The fourth-order valence-corrected chi connectivity index (χ4v) is 3.03. The van der Waals surface area contributed by atoms with Crippen LogP contribution in [0.1, 0.15) is 24.5 Å². The topological polar surface area (TPSA) is 69.6 Å². The summed E-state index contributed by atoms with van der Waals surface area (Å²) in [6.45, 7) is 6.55. The van der Waals surface area contributed by atoms with Crippen LogP contribution in [-0.2, 0) is 4.79 Å². The maximum absolute atomic E-state index is 12.4. The van der Waals surface area contributed by atoms with E-state index in [4.69, 9.17) is 11.6 Å². The zero-order chi connectivity index (χ0) is 16.4. The van der Waals surface area contributed by atoms with Gasteiger partial charge in [0.2, 0.25) is 0 Å². The van der Waals surface area contributed by atoms with Crippen LogP contribution in [0.15, 0.2) is 12.1 Å². The molecular formula is C16H21ClN2O3. The third kappa shape index (κ3) is 3.71. The molecule has 6 heteroatoms. The zero-order valence-corrected chi connectivity index (χ0v) is 13.8. The monoisotopic (exact) mass is 324 g/mol. The number of carbonyl (C=O) groups excluding carboxylic acids is 1. The van der Waals surface area contributed by atoms with Crippen molar-refractivity contribution in [2.75, 3.05) is 18.4 Å². The molecule has 1 fully saturated rings. The van der Waals surface area contributed by atoms with Crippen molar-refractivity contribution in [3.63, 3.8) is 0 Å². The van der Waals surface area contributed by atoms with Crippen molar-refractivity contribution in [1.82, 2.24) is 4.90 Å². The molecule has 1 aliphatic rings. The molecule has 0 spiro atoms. The van der Waals surface area contributed by atoms with E-state index < -0.39 is 11.9 Å². The highest BCUT2D eigenvalue weighted by Gasteiger charge is 2.31. The summed E-state index contributed by atoms with van der Waals surface area (Å²) in [6.07, 6.45) is 0.609. The Hall–Kier alpha value is -1.75. The number of benzene rings is 1. The summed E-state index contributed by atoms with van der Waals surface area (Å²) in [5.74, 6) is -1.17. The van der Waals surface area contributed by atoms with Gasteiger partial charge in [0.25, 0.3) is 0 Å². The van der Waals surface area contributed by atoms with Gasteiger partial charge in [0.05, 0.1) is 5.92 Å². The maximum atomic E-state index is 12.4. The van der Waals surface area contributed by atoms with E-state index in [2.05, 4.69) is 5.32 Å². The molecule has 2 unspecified atom stereocenters. The van der Waals surface area contributed by atoms with E-state index in [0.29, 0.717) is 23.7 Å². The number of hydrogen-bond donors (Lipinski definition) is 2. The number of amides is 2. The van der Waals surface area contributed by atoms with Crippen molar-refractivity contribution in [2.24, 2.45) is 11.8 Å². The first kappa shape index (κ1) is 16.6. The molecule has 0 aromatic heterocycles. The first-order chi connectivity index (χ1) is 10.3. The van der Waals surface area contributed by atoms with Gasteiger partial charge in [0.15, 0.2) is 0 Å². The molecule has 0 radical (unpaired) electrons. The molecule has 1 aliphatic heterocycles. The second kappa shape index (κ2) is 6.57. The highest BCUT2D eigenvalue weighted by Crippen LogP contribution is 2.26.